The first-order chi connectivity index (χ1) is 13.6. The number of hydrogen-bond donors (Lipinski definition) is 2. The summed E-state index contributed by atoms with van der Waals surface area (Å²) in [6, 6.07) is 14.2. The number of H-pyrrole nitrogens is 1. The molecular formula is C22H22N2O4. The van der Waals surface area contributed by atoms with Crippen LogP contribution >= 0.6 is 0 Å². The maximum absolute atomic E-state index is 12.9. The van der Waals surface area contributed by atoms with E-state index < -0.39 is 0 Å². The first-order valence-electron chi connectivity index (χ1n) is 9.38. The van der Waals surface area contributed by atoms with Crippen LogP contribution in [-0.4, -0.2) is 30.2 Å². The van der Waals surface area contributed by atoms with Gasteiger partial charge in [-0.05, 0) is 43.5 Å². The summed E-state index contributed by atoms with van der Waals surface area (Å²) in [4.78, 5) is 27.6. The zero-order valence-electron chi connectivity index (χ0n) is 15.7. The van der Waals surface area contributed by atoms with Crippen molar-refractivity contribution in [3.63, 3.8) is 0 Å². The highest BCUT2D eigenvalue weighted by atomic mass is 16.5. The molecule has 0 radical (unpaired) electrons. The van der Waals surface area contributed by atoms with Gasteiger partial charge < -0.3 is 19.8 Å². The number of rotatable bonds is 5. The number of hydrogen-bond acceptors (Lipinski definition) is 4. The van der Waals surface area contributed by atoms with E-state index in [1.807, 2.05) is 43.3 Å². The van der Waals surface area contributed by atoms with Crippen LogP contribution in [-0.2, 0) is 4.74 Å². The summed E-state index contributed by atoms with van der Waals surface area (Å²) in [5.74, 6) is 0.242. The number of carbonyl (C=O) groups excluding carboxylic acids is 1. The second-order valence-corrected chi connectivity index (χ2v) is 6.99. The normalized spacial score (nSPS) is 16.2. The molecule has 2 heterocycles. The van der Waals surface area contributed by atoms with E-state index in [1.165, 1.54) is 6.07 Å². The molecule has 1 aromatic heterocycles. The third-order valence-corrected chi connectivity index (χ3v) is 4.83. The van der Waals surface area contributed by atoms with E-state index in [4.69, 9.17) is 9.47 Å². The minimum absolute atomic E-state index is 0.0840. The minimum Gasteiger partial charge on any atom is -0.489 e. The molecule has 0 bridgehead atoms. The predicted octanol–water partition coefficient (Wildman–Crippen LogP) is 3.65. The van der Waals surface area contributed by atoms with E-state index in [0.717, 1.165) is 25.0 Å². The molecule has 1 fully saturated rings. The summed E-state index contributed by atoms with van der Waals surface area (Å²) in [5.41, 5.74) is 2.23. The number of para-hydroxylation sites is 1. The Morgan fingerprint density at radius 2 is 2.11 bits per heavy atom. The second-order valence-electron chi connectivity index (χ2n) is 6.99. The van der Waals surface area contributed by atoms with Gasteiger partial charge in [-0.3, -0.25) is 9.59 Å². The zero-order chi connectivity index (χ0) is 19.5. The van der Waals surface area contributed by atoms with E-state index in [0.29, 0.717) is 34.5 Å². The molecular weight excluding hydrogens is 356 g/mol. The third kappa shape index (κ3) is 3.92. The van der Waals surface area contributed by atoms with Gasteiger partial charge in [-0.1, -0.05) is 24.3 Å². The fourth-order valence-electron chi connectivity index (χ4n) is 3.39. The third-order valence-electron chi connectivity index (χ3n) is 4.83. The first kappa shape index (κ1) is 18.3. The van der Waals surface area contributed by atoms with Crippen molar-refractivity contribution in [1.29, 1.82) is 0 Å². The largest absolute Gasteiger partial charge is 0.489 e. The van der Waals surface area contributed by atoms with Gasteiger partial charge in [0, 0.05) is 23.6 Å². The molecule has 0 spiro atoms. The lowest BCUT2D eigenvalue weighted by atomic mass is 10.1. The number of aromatic nitrogens is 1. The van der Waals surface area contributed by atoms with Crippen molar-refractivity contribution in [2.45, 2.75) is 25.9 Å². The van der Waals surface area contributed by atoms with E-state index in [2.05, 4.69) is 10.3 Å². The maximum Gasteiger partial charge on any atom is 0.256 e. The highest BCUT2D eigenvalue weighted by molar-refractivity contribution is 6.12. The topological polar surface area (TPSA) is 80.4 Å². The van der Waals surface area contributed by atoms with Crippen molar-refractivity contribution >= 4 is 22.5 Å². The highest BCUT2D eigenvalue weighted by Gasteiger charge is 2.18. The van der Waals surface area contributed by atoms with Crippen LogP contribution < -0.4 is 15.6 Å². The molecule has 1 saturated heterocycles. The Hall–Kier alpha value is -3.12. The lowest BCUT2D eigenvalue weighted by Gasteiger charge is -2.16. The molecule has 144 valence electrons. The van der Waals surface area contributed by atoms with E-state index in [1.54, 1.807) is 6.07 Å². The van der Waals surface area contributed by atoms with Crippen LogP contribution in [0.25, 0.3) is 10.9 Å². The number of carbonyl (C=O) groups is 1. The Labute approximate surface area is 162 Å². The van der Waals surface area contributed by atoms with Crippen molar-refractivity contribution in [3.05, 3.63) is 70.0 Å². The molecule has 0 aliphatic carbocycles. The number of ether oxygens (including phenoxy) is 2. The first-order valence-corrected chi connectivity index (χ1v) is 9.38. The standard InChI is InChI=1S/C22H22N2O4/c1-14-8-9-19(20(11-14)28-13-15-5-4-10-27-15)24-22(26)17-12-21(25)23-18-7-3-2-6-16(17)18/h2-3,6-9,11-12,15H,4-5,10,13H2,1H3,(H,23,25)(H,24,26)/t15-/m1/s1. The molecule has 6 nitrogen and oxygen atoms in total. The molecule has 2 N–H and O–H groups in total. The molecule has 28 heavy (non-hydrogen) atoms. The summed E-state index contributed by atoms with van der Waals surface area (Å²) in [7, 11) is 0. The molecule has 6 heteroatoms. The number of pyridine rings is 1. The molecule has 3 aromatic rings. The van der Waals surface area contributed by atoms with Crippen molar-refractivity contribution in [2.24, 2.45) is 0 Å². The van der Waals surface area contributed by atoms with Crippen LogP contribution in [0.4, 0.5) is 5.69 Å². The molecule has 4 rings (SSSR count). The second kappa shape index (κ2) is 7.86. The predicted molar refractivity (Wildman–Crippen MR) is 108 cm³/mol. The van der Waals surface area contributed by atoms with Gasteiger partial charge >= 0.3 is 0 Å². The number of amides is 1. The van der Waals surface area contributed by atoms with E-state index >= 15 is 0 Å². The molecule has 0 unspecified atom stereocenters. The van der Waals surface area contributed by atoms with Crippen LogP contribution in [0, 0.1) is 6.92 Å². The Bertz CT molecular complexity index is 1070. The molecule has 1 atom stereocenters. The molecule has 1 aliphatic rings. The highest BCUT2D eigenvalue weighted by Crippen LogP contribution is 2.28. The summed E-state index contributed by atoms with van der Waals surface area (Å²) >= 11 is 0. The zero-order valence-corrected chi connectivity index (χ0v) is 15.7. The number of anilines is 1. The van der Waals surface area contributed by atoms with Crippen LogP contribution in [0.1, 0.15) is 28.8 Å². The number of aryl methyl sites for hydroxylation is 1. The summed E-state index contributed by atoms with van der Waals surface area (Å²) < 4.78 is 11.5. The Morgan fingerprint density at radius 3 is 2.93 bits per heavy atom. The molecule has 2 aromatic carbocycles. The van der Waals surface area contributed by atoms with Crippen molar-refractivity contribution < 1.29 is 14.3 Å². The van der Waals surface area contributed by atoms with Gasteiger partial charge in [-0.2, -0.15) is 0 Å². The fourth-order valence-corrected chi connectivity index (χ4v) is 3.39. The number of aromatic amines is 1. The smallest absolute Gasteiger partial charge is 0.256 e. The SMILES string of the molecule is Cc1ccc(NC(=O)c2cc(=O)[nH]c3ccccc23)c(OC[C@H]2CCCO2)c1. The Morgan fingerprint density at radius 1 is 1.25 bits per heavy atom. The van der Waals surface area contributed by atoms with Crippen LogP contribution in [0.15, 0.2) is 53.3 Å². The number of nitrogens with one attached hydrogen (secondary N) is 2. The molecule has 1 aliphatic heterocycles. The van der Waals surface area contributed by atoms with Crippen LogP contribution in [0.3, 0.4) is 0 Å². The van der Waals surface area contributed by atoms with Gasteiger partial charge in [-0.15, -0.1) is 0 Å². The summed E-state index contributed by atoms with van der Waals surface area (Å²) in [6.45, 7) is 3.18. The summed E-state index contributed by atoms with van der Waals surface area (Å²) in [5, 5.41) is 3.58. The fraction of sp³-hybridized carbons (Fsp3) is 0.273. The van der Waals surface area contributed by atoms with Gasteiger partial charge in [0.25, 0.3) is 5.91 Å². The van der Waals surface area contributed by atoms with Crippen molar-refractivity contribution in [2.75, 3.05) is 18.5 Å². The van der Waals surface area contributed by atoms with Crippen molar-refractivity contribution in [3.8, 4) is 5.75 Å². The van der Waals surface area contributed by atoms with Gasteiger partial charge in [0.2, 0.25) is 5.56 Å². The van der Waals surface area contributed by atoms with E-state index in [9.17, 15) is 9.59 Å². The lowest BCUT2D eigenvalue weighted by Crippen LogP contribution is -2.19. The van der Waals surface area contributed by atoms with E-state index in [-0.39, 0.29) is 17.6 Å². The Kier molecular flexibility index (Phi) is 5.12. The monoisotopic (exact) mass is 378 g/mol. The van der Waals surface area contributed by atoms with Crippen LogP contribution in [0.2, 0.25) is 0 Å². The number of benzene rings is 2. The Balaban J connectivity index is 1.60. The average molecular weight is 378 g/mol. The van der Waals surface area contributed by atoms with Gasteiger partial charge in [-0.25, -0.2) is 0 Å². The quantitative estimate of drug-likeness (QED) is 0.710. The average Bonchev–Trinajstić information content (AvgIpc) is 3.21. The van der Waals surface area contributed by atoms with Crippen molar-refractivity contribution in [1.82, 2.24) is 4.98 Å². The summed E-state index contributed by atoms with van der Waals surface area (Å²) in [6.07, 6.45) is 2.11. The van der Waals surface area contributed by atoms with Crippen LogP contribution in [0.5, 0.6) is 5.75 Å². The molecule has 0 saturated carbocycles. The minimum atomic E-state index is -0.354. The van der Waals surface area contributed by atoms with Gasteiger partial charge in [0.15, 0.2) is 0 Å². The maximum atomic E-state index is 12.9. The lowest BCUT2D eigenvalue weighted by molar-refractivity contribution is 0.0681. The van der Waals surface area contributed by atoms with Gasteiger partial charge in [0.05, 0.1) is 17.4 Å². The number of fused-ring (bicyclic) bond motifs is 1. The van der Waals surface area contributed by atoms with Gasteiger partial charge in [0.1, 0.15) is 12.4 Å². The molecule has 1 amide bonds.